The van der Waals surface area contributed by atoms with E-state index in [9.17, 15) is 15.0 Å². The third kappa shape index (κ3) is 6.34. The second-order valence-corrected chi connectivity index (χ2v) is 7.08. The highest BCUT2D eigenvalue weighted by molar-refractivity contribution is 6.06. The van der Waals surface area contributed by atoms with Gasteiger partial charge in [-0.15, -0.1) is 0 Å². The highest BCUT2D eigenvalue weighted by Gasteiger charge is 2.11. The van der Waals surface area contributed by atoms with Crippen LogP contribution in [0.4, 0.5) is 22.7 Å². The molecule has 0 saturated heterocycles. The Kier molecular flexibility index (Phi) is 7.52. The van der Waals surface area contributed by atoms with Gasteiger partial charge >= 0.3 is 0 Å². The lowest BCUT2D eigenvalue weighted by Gasteiger charge is -2.13. The number of phenols is 2. The third-order valence-electron chi connectivity index (χ3n) is 4.28. The van der Waals surface area contributed by atoms with Crippen molar-refractivity contribution in [2.45, 2.75) is 0 Å². The Balaban J connectivity index is 0.000000269. The van der Waals surface area contributed by atoms with Crippen molar-refractivity contribution in [1.29, 1.82) is 0 Å². The maximum absolute atomic E-state index is 12.0. The van der Waals surface area contributed by atoms with Crippen LogP contribution < -0.4 is 20.9 Å². The van der Waals surface area contributed by atoms with Crippen LogP contribution in [0.25, 0.3) is 0 Å². The predicted molar refractivity (Wildman–Crippen MR) is 124 cm³/mol. The molecule has 30 heavy (non-hydrogen) atoms. The maximum atomic E-state index is 12.0. The number of rotatable bonds is 4. The van der Waals surface area contributed by atoms with Crippen molar-refractivity contribution in [3.63, 3.8) is 0 Å². The SMILES string of the molecule is CN(C)c1ccc(N)cc1.CN(C)c1ccc(NC(=O)c2ccc(O)cc2O)cc1. The van der Waals surface area contributed by atoms with Gasteiger partial charge in [0.15, 0.2) is 0 Å². The number of carbonyl (C=O) groups excluding carboxylic acids is 1. The van der Waals surface area contributed by atoms with E-state index in [-0.39, 0.29) is 17.1 Å². The number of aromatic hydroxyl groups is 2. The van der Waals surface area contributed by atoms with Gasteiger partial charge in [0.1, 0.15) is 11.5 Å². The number of carbonyl (C=O) groups is 1. The largest absolute Gasteiger partial charge is 0.508 e. The Morgan fingerprint density at radius 1 is 0.800 bits per heavy atom. The second kappa shape index (κ2) is 10.1. The normalized spacial score (nSPS) is 9.87. The van der Waals surface area contributed by atoms with Crippen LogP contribution in [-0.2, 0) is 0 Å². The molecule has 0 atom stereocenters. The second-order valence-electron chi connectivity index (χ2n) is 7.08. The van der Waals surface area contributed by atoms with Crippen molar-refractivity contribution in [3.05, 3.63) is 72.3 Å². The summed E-state index contributed by atoms with van der Waals surface area (Å²) in [5, 5.41) is 21.5. The molecule has 3 aromatic carbocycles. The lowest BCUT2D eigenvalue weighted by Crippen LogP contribution is -2.12. The Morgan fingerprint density at radius 3 is 1.77 bits per heavy atom. The van der Waals surface area contributed by atoms with Crippen molar-refractivity contribution in [3.8, 4) is 11.5 Å². The van der Waals surface area contributed by atoms with Crippen molar-refractivity contribution in [2.24, 2.45) is 0 Å². The zero-order chi connectivity index (χ0) is 22.3. The van der Waals surface area contributed by atoms with Gasteiger partial charge in [-0.05, 0) is 60.7 Å². The molecule has 0 aliphatic heterocycles. The molecular formula is C23H28N4O3. The number of benzene rings is 3. The zero-order valence-electron chi connectivity index (χ0n) is 17.6. The minimum absolute atomic E-state index is 0.0885. The van der Waals surface area contributed by atoms with Crippen LogP contribution in [-0.4, -0.2) is 44.3 Å². The van der Waals surface area contributed by atoms with Gasteiger partial charge in [0.05, 0.1) is 5.56 Å². The number of hydrogen-bond donors (Lipinski definition) is 4. The van der Waals surface area contributed by atoms with Crippen molar-refractivity contribution < 1.29 is 15.0 Å². The number of amides is 1. The number of nitrogens with zero attached hydrogens (tertiary/aromatic N) is 2. The van der Waals surface area contributed by atoms with E-state index in [1.807, 2.05) is 74.4 Å². The Hall–Kier alpha value is -3.87. The predicted octanol–water partition coefficient (Wildman–Crippen LogP) is 3.75. The molecule has 0 aromatic heterocycles. The third-order valence-corrected chi connectivity index (χ3v) is 4.28. The van der Waals surface area contributed by atoms with Gasteiger partial charge in [0.25, 0.3) is 5.91 Å². The van der Waals surface area contributed by atoms with Crippen LogP contribution in [0.2, 0.25) is 0 Å². The number of nitrogens with two attached hydrogens (primary N) is 1. The molecule has 0 aliphatic carbocycles. The molecule has 0 saturated carbocycles. The minimum atomic E-state index is -0.430. The number of nitrogen functional groups attached to an aromatic ring is 1. The van der Waals surface area contributed by atoms with E-state index in [0.29, 0.717) is 5.69 Å². The average molecular weight is 409 g/mol. The minimum Gasteiger partial charge on any atom is -0.508 e. The van der Waals surface area contributed by atoms with E-state index in [0.717, 1.165) is 17.4 Å². The zero-order valence-corrected chi connectivity index (χ0v) is 17.6. The molecule has 0 unspecified atom stereocenters. The molecular weight excluding hydrogens is 380 g/mol. The average Bonchev–Trinajstić information content (AvgIpc) is 2.69. The van der Waals surface area contributed by atoms with Gasteiger partial charge in [0, 0.05) is 57.0 Å². The van der Waals surface area contributed by atoms with Gasteiger partial charge in [-0.25, -0.2) is 0 Å². The van der Waals surface area contributed by atoms with Gasteiger partial charge in [0.2, 0.25) is 0 Å². The van der Waals surface area contributed by atoms with Gasteiger partial charge in [-0.3, -0.25) is 4.79 Å². The molecule has 0 bridgehead atoms. The lowest BCUT2D eigenvalue weighted by molar-refractivity contribution is 0.102. The van der Waals surface area contributed by atoms with Crippen LogP contribution in [0.3, 0.4) is 0 Å². The smallest absolute Gasteiger partial charge is 0.259 e. The lowest BCUT2D eigenvalue weighted by atomic mass is 10.1. The Bertz CT molecular complexity index is 969. The van der Waals surface area contributed by atoms with E-state index >= 15 is 0 Å². The van der Waals surface area contributed by atoms with Crippen LogP contribution in [0.5, 0.6) is 11.5 Å². The van der Waals surface area contributed by atoms with Crippen LogP contribution in [0.1, 0.15) is 10.4 Å². The Morgan fingerprint density at radius 2 is 1.30 bits per heavy atom. The fraction of sp³-hybridized carbons (Fsp3) is 0.174. The fourth-order valence-corrected chi connectivity index (χ4v) is 2.53. The number of phenolic OH excluding ortho intramolecular Hbond substituents is 2. The molecule has 0 fully saturated rings. The van der Waals surface area contributed by atoms with E-state index in [1.54, 1.807) is 12.1 Å². The molecule has 7 nitrogen and oxygen atoms in total. The van der Waals surface area contributed by atoms with E-state index in [1.165, 1.54) is 17.8 Å². The topological polar surface area (TPSA) is 102 Å². The summed E-state index contributed by atoms with van der Waals surface area (Å²) in [6, 6.07) is 19.0. The molecule has 3 aromatic rings. The summed E-state index contributed by atoms with van der Waals surface area (Å²) < 4.78 is 0. The molecule has 5 N–H and O–H groups in total. The van der Waals surface area contributed by atoms with E-state index in [2.05, 4.69) is 5.32 Å². The summed E-state index contributed by atoms with van der Waals surface area (Å²) in [7, 11) is 7.88. The first-order valence-electron chi connectivity index (χ1n) is 9.31. The van der Waals surface area contributed by atoms with Crippen LogP contribution in [0.15, 0.2) is 66.7 Å². The van der Waals surface area contributed by atoms with Gasteiger partial charge in [-0.2, -0.15) is 0 Å². The molecule has 0 radical (unpaired) electrons. The van der Waals surface area contributed by atoms with Gasteiger partial charge < -0.3 is 31.1 Å². The number of anilines is 4. The molecule has 3 rings (SSSR count). The highest BCUT2D eigenvalue weighted by Crippen LogP contribution is 2.24. The van der Waals surface area contributed by atoms with Crippen molar-refractivity contribution in [2.75, 3.05) is 49.0 Å². The summed E-state index contributed by atoms with van der Waals surface area (Å²) >= 11 is 0. The summed E-state index contributed by atoms with van der Waals surface area (Å²) in [5.41, 5.74) is 9.26. The summed E-state index contributed by atoms with van der Waals surface area (Å²) in [6.45, 7) is 0. The number of hydrogen-bond acceptors (Lipinski definition) is 6. The van der Waals surface area contributed by atoms with Gasteiger partial charge in [-0.1, -0.05) is 0 Å². The van der Waals surface area contributed by atoms with E-state index < -0.39 is 5.91 Å². The highest BCUT2D eigenvalue weighted by atomic mass is 16.3. The standard InChI is InChI=1S/C15H16N2O3.C8H12N2/c1-17(2)11-5-3-10(4-6-11)16-15(20)13-8-7-12(18)9-14(13)19;1-10(2)8-5-3-7(9)4-6-8/h3-9,18-19H,1-2H3,(H,16,20);3-6H,9H2,1-2H3. The first-order chi connectivity index (χ1) is 14.2. The molecule has 0 aliphatic rings. The summed E-state index contributed by atoms with van der Waals surface area (Å²) in [6.07, 6.45) is 0. The maximum Gasteiger partial charge on any atom is 0.259 e. The first kappa shape index (κ1) is 22.4. The molecule has 7 heteroatoms. The molecule has 0 heterocycles. The van der Waals surface area contributed by atoms with E-state index in [4.69, 9.17) is 5.73 Å². The Labute approximate surface area is 177 Å². The monoisotopic (exact) mass is 408 g/mol. The molecule has 158 valence electrons. The summed E-state index contributed by atoms with van der Waals surface area (Å²) in [4.78, 5) is 16.0. The fourth-order valence-electron chi connectivity index (χ4n) is 2.53. The van der Waals surface area contributed by atoms with Crippen molar-refractivity contribution in [1.82, 2.24) is 0 Å². The summed E-state index contributed by atoms with van der Waals surface area (Å²) in [5.74, 6) is -0.776. The molecule has 0 spiro atoms. The molecule has 1 amide bonds. The first-order valence-corrected chi connectivity index (χ1v) is 9.31. The quantitative estimate of drug-likeness (QED) is 0.491. The van der Waals surface area contributed by atoms with Crippen LogP contribution in [0, 0.1) is 0 Å². The van der Waals surface area contributed by atoms with Crippen LogP contribution >= 0.6 is 0 Å². The number of nitrogens with one attached hydrogen (secondary N) is 1. The van der Waals surface area contributed by atoms with Crippen molar-refractivity contribution >= 4 is 28.7 Å².